The van der Waals surface area contributed by atoms with Gasteiger partial charge in [0.1, 0.15) is 22.2 Å². The zero-order valence-corrected chi connectivity index (χ0v) is 19.7. The summed E-state index contributed by atoms with van der Waals surface area (Å²) in [5.74, 6) is -3.35. The van der Waals surface area contributed by atoms with Crippen molar-refractivity contribution in [3.63, 3.8) is 0 Å². The number of amides is 1. The molecule has 1 amide bonds. The van der Waals surface area contributed by atoms with E-state index in [9.17, 15) is 26.4 Å². The Morgan fingerprint density at radius 2 is 1.71 bits per heavy atom. The minimum atomic E-state index is -4.53. The van der Waals surface area contributed by atoms with E-state index in [1.54, 1.807) is 24.1 Å². The molecular weight excluding hydrogens is 499 g/mol. The normalized spacial score (nSPS) is 13.3. The first kappa shape index (κ1) is 23.1. The van der Waals surface area contributed by atoms with E-state index in [0.29, 0.717) is 28.6 Å². The lowest BCUT2D eigenvalue weighted by molar-refractivity contribution is 0.0816. The number of anilines is 1. The van der Waals surface area contributed by atoms with Crippen LogP contribution in [0.3, 0.4) is 0 Å². The third kappa shape index (κ3) is 4.28. The first-order valence-corrected chi connectivity index (χ1v) is 12.5. The molecule has 1 aliphatic rings. The highest BCUT2D eigenvalue weighted by Crippen LogP contribution is 2.37. The highest BCUT2D eigenvalue weighted by molar-refractivity contribution is 7.92. The maximum absolute atomic E-state index is 14.3. The molecule has 0 atom stereocenters. The van der Waals surface area contributed by atoms with Crippen molar-refractivity contribution in [1.82, 2.24) is 9.88 Å². The van der Waals surface area contributed by atoms with Crippen LogP contribution in [0, 0.1) is 17.6 Å². The number of fused-ring (bicyclic) bond motifs is 1. The van der Waals surface area contributed by atoms with Gasteiger partial charge in [-0.2, -0.15) is 4.39 Å². The molecule has 0 radical (unpaired) electrons. The average molecular weight is 516 g/mol. The van der Waals surface area contributed by atoms with Gasteiger partial charge in [-0.25, -0.2) is 22.2 Å². The lowest BCUT2D eigenvalue weighted by Crippen LogP contribution is -2.17. The van der Waals surface area contributed by atoms with Crippen LogP contribution in [0.1, 0.15) is 15.9 Å². The van der Waals surface area contributed by atoms with E-state index in [2.05, 4.69) is 4.98 Å². The molecular formula is C24H16F3N3O3S2. The number of thiophene rings is 1. The Labute approximate surface area is 202 Å². The van der Waals surface area contributed by atoms with Crippen LogP contribution in [0.2, 0.25) is 0 Å². The van der Waals surface area contributed by atoms with Crippen molar-refractivity contribution in [3.8, 4) is 20.9 Å². The van der Waals surface area contributed by atoms with Crippen LogP contribution in [-0.2, 0) is 16.6 Å². The fraction of sp³-hybridized carbons (Fsp3) is 0.0833. The second-order valence-corrected chi connectivity index (χ2v) is 10.7. The number of hydrogen-bond donors (Lipinski definition) is 1. The highest BCUT2D eigenvalue weighted by Gasteiger charge is 2.25. The Balaban J connectivity index is 1.44. The molecule has 0 aliphatic carbocycles. The predicted octanol–water partition coefficient (Wildman–Crippen LogP) is 5.28. The lowest BCUT2D eigenvalue weighted by Gasteiger charge is -2.10. The third-order valence-corrected chi connectivity index (χ3v) is 8.11. The minimum Gasteiger partial charge on any atom is -0.337 e. The molecule has 11 heteroatoms. The number of benzene rings is 2. The van der Waals surface area contributed by atoms with Gasteiger partial charge in [-0.05, 0) is 53.6 Å². The Morgan fingerprint density at radius 1 is 0.971 bits per heavy atom. The van der Waals surface area contributed by atoms with Crippen LogP contribution >= 0.6 is 11.3 Å². The van der Waals surface area contributed by atoms with Crippen molar-refractivity contribution in [2.45, 2.75) is 11.4 Å². The first-order valence-electron chi connectivity index (χ1n) is 10.2. The summed E-state index contributed by atoms with van der Waals surface area (Å²) in [5, 5.41) is 0. The largest absolute Gasteiger partial charge is 0.337 e. The first-order chi connectivity index (χ1) is 16.6. The van der Waals surface area contributed by atoms with E-state index in [1.807, 2.05) is 22.9 Å². The van der Waals surface area contributed by atoms with Crippen LogP contribution in [0.5, 0.6) is 0 Å². The number of pyridine rings is 1. The van der Waals surface area contributed by atoms with E-state index < -0.39 is 38.2 Å². The molecule has 1 N–H and O–H groups in total. The quantitative estimate of drug-likeness (QED) is 0.367. The number of nitrogens with one attached hydrogen (secondary N) is 1. The van der Waals surface area contributed by atoms with E-state index in [4.69, 9.17) is 0 Å². The van der Waals surface area contributed by atoms with Crippen molar-refractivity contribution in [1.29, 1.82) is 0 Å². The number of carbonyl (C=O) groups is 1. The summed E-state index contributed by atoms with van der Waals surface area (Å²) in [7, 11) is -2.80. The van der Waals surface area contributed by atoms with Gasteiger partial charge in [0, 0.05) is 46.7 Å². The fourth-order valence-corrected chi connectivity index (χ4v) is 5.90. The standard InChI is InChI=1S/C24H16F3N3O3S2/c1-30-12-15-8-13(2-4-17(15)24(30)31)20-5-6-21(34-20)14-9-19(23(27)28-11-14)29-35(32,33)22-7-3-16(25)10-18(22)26/h2-11,29H,12H2,1H3. The summed E-state index contributed by atoms with van der Waals surface area (Å²) in [5.41, 5.74) is 2.48. The smallest absolute Gasteiger partial charge is 0.264 e. The fourth-order valence-electron chi connectivity index (χ4n) is 3.81. The van der Waals surface area contributed by atoms with Gasteiger partial charge in [0.2, 0.25) is 5.95 Å². The molecule has 0 saturated heterocycles. The van der Waals surface area contributed by atoms with Gasteiger partial charge < -0.3 is 4.90 Å². The van der Waals surface area contributed by atoms with Crippen molar-refractivity contribution >= 4 is 33.0 Å². The van der Waals surface area contributed by atoms with Gasteiger partial charge >= 0.3 is 0 Å². The van der Waals surface area contributed by atoms with E-state index in [-0.39, 0.29) is 5.91 Å². The zero-order chi connectivity index (χ0) is 24.9. The maximum Gasteiger partial charge on any atom is 0.264 e. The van der Waals surface area contributed by atoms with Gasteiger partial charge in [-0.1, -0.05) is 6.07 Å². The lowest BCUT2D eigenvalue weighted by atomic mass is 10.1. The Morgan fingerprint density at radius 3 is 2.46 bits per heavy atom. The molecule has 4 aromatic rings. The summed E-state index contributed by atoms with van der Waals surface area (Å²) in [4.78, 5) is 18.2. The number of hydrogen-bond acceptors (Lipinski definition) is 5. The molecule has 2 aromatic carbocycles. The van der Waals surface area contributed by atoms with Crippen molar-refractivity contribution in [2.75, 3.05) is 11.8 Å². The van der Waals surface area contributed by atoms with E-state index >= 15 is 0 Å². The van der Waals surface area contributed by atoms with Gasteiger partial charge in [-0.3, -0.25) is 9.52 Å². The average Bonchev–Trinajstić information content (AvgIpc) is 3.40. The molecule has 0 spiro atoms. The molecule has 0 bridgehead atoms. The van der Waals surface area contributed by atoms with Gasteiger partial charge in [0.15, 0.2) is 0 Å². The van der Waals surface area contributed by atoms with Crippen LogP contribution in [-0.4, -0.2) is 31.3 Å². The number of nitrogens with zero attached hydrogens (tertiary/aromatic N) is 2. The molecule has 1 aliphatic heterocycles. The maximum atomic E-state index is 14.3. The Hall–Kier alpha value is -3.70. The molecule has 0 fully saturated rings. The number of sulfonamides is 1. The zero-order valence-electron chi connectivity index (χ0n) is 18.1. The summed E-state index contributed by atoms with van der Waals surface area (Å²) in [6.07, 6.45) is 1.26. The molecule has 3 heterocycles. The SMILES string of the molecule is CN1Cc2cc(-c3ccc(-c4cnc(F)c(NS(=O)(=O)c5ccc(F)cc5F)c4)s3)ccc2C1=O. The summed E-state index contributed by atoms with van der Waals surface area (Å²) < 4.78 is 68.6. The second-order valence-electron chi connectivity index (χ2n) is 7.94. The minimum absolute atomic E-state index is 0.0219. The predicted molar refractivity (Wildman–Crippen MR) is 126 cm³/mol. The monoisotopic (exact) mass is 515 g/mol. The van der Waals surface area contributed by atoms with Crippen molar-refractivity contribution in [2.24, 2.45) is 0 Å². The van der Waals surface area contributed by atoms with Crippen LogP contribution in [0.25, 0.3) is 20.9 Å². The molecule has 6 nitrogen and oxygen atoms in total. The molecule has 178 valence electrons. The summed E-state index contributed by atoms with van der Waals surface area (Å²) in [6.45, 7) is 0.528. The van der Waals surface area contributed by atoms with Crippen molar-refractivity contribution in [3.05, 3.63) is 89.5 Å². The Kier molecular flexibility index (Phi) is 5.60. The number of aromatic nitrogens is 1. The van der Waals surface area contributed by atoms with E-state index in [0.717, 1.165) is 28.1 Å². The molecule has 35 heavy (non-hydrogen) atoms. The van der Waals surface area contributed by atoms with E-state index in [1.165, 1.54) is 23.6 Å². The number of rotatable bonds is 5. The van der Waals surface area contributed by atoms with Gasteiger partial charge in [0.25, 0.3) is 15.9 Å². The molecule has 0 saturated carbocycles. The number of carbonyl (C=O) groups excluding carboxylic acids is 1. The summed E-state index contributed by atoms with van der Waals surface area (Å²) >= 11 is 1.38. The molecule has 2 aromatic heterocycles. The molecule has 0 unspecified atom stereocenters. The number of halogens is 3. The van der Waals surface area contributed by atoms with Crippen molar-refractivity contribution < 1.29 is 26.4 Å². The molecule has 5 rings (SSSR count). The summed E-state index contributed by atoms with van der Waals surface area (Å²) in [6, 6.07) is 12.5. The second kappa shape index (κ2) is 8.51. The van der Waals surface area contributed by atoms with Gasteiger partial charge in [0.05, 0.1) is 0 Å². The topological polar surface area (TPSA) is 79.4 Å². The van der Waals surface area contributed by atoms with Crippen LogP contribution in [0.15, 0.2) is 65.7 Å². The Bertz CT molecular complexity index is 1600. The third-order valence-electron chi connectivity index (χ3n) is 5.53. The van der Waals surface area contributed by atoms with Gasteiger partial charge in [-0.15, -0.1) is 11.3 Å². The van der Waals surface area contributed by atoms with Crippen LogP contribution in [0.4, 0.5) is 18.9 Å². The van der Waals surface area contributed by atoms with Crippen LogP contribution < -0.4 is 4.72 Å². The highest BCUT2D eigenvalue weighted by atomic mass is 32.2.